The van der Waals surface area contributed by atoms with Gasteiger partial charge in [-0.25, -0.2) is 4.98 Å². The SMILES string of the molecule is O=C(NC12CC3CC(CC(C3)C1)C2)c1[nH]cc2cccc[n+]12. The number of fused-ring (bicyclic) bond motifs is 1. The number of carbonyl (C=O) groups is 1. The monoisotopic (exact) mass is 296 g/mol. The molecule has 6 rings (SSSR count). The summed E-state index contributed by atoms with van der Waals surface area (Å²) in [7, 11) is 0. The van der Waals surface area contributed by atoms with Gasteiger partial charge in [0.1, 0.15) is 6.20 Å². The van der Waals surface area contributed by atoms with Gasteiger partial charge in [0, 0.05) is 5.54 Å². The standard InChI is InChI=1S/C18H21N3O/c22-17(16-19-11-15-3-1-2-4-21(15)16)20-18-8-12-5-13(9-18)7-14(6-12)10-18/h1-4,11-14H,5-10H2,(H,20,22)/p+1. The smallest absolute Gasteiger partial charge is 0.340 e. The zero-order valence-corrected chi connectivity index (χ0v) is 12.7. The van der Waals surface area contributed by atoms with Crippen LogP contribution in [0.1, 0.15) is 49.1 Å². The minimum absolute atomic E-state index is 0.0492. The number of H-pyrrole nitrogens is 1. The molecule has 2 aromatic rings. The van der Waals surface area contributed by atoms with Gasteiger partial charge in [-0.05, 0) is 68.4 Å². The number of nitrogens with zero attached hydrogens (tertiary/aromatic N) is 1. The quantitative estimate of drug-likeness (QED) is 0.822. The van der Waals surface area contributed by atoms with Gasteiger partial charge < -0.3 is 5.32 Å². The summed E-state index contributed by atoms with van der Waals surface area (Å²) in [6.07, 6.45) is 11.6. The van der Waals surface area contributed by atoms with E-state index in [2.05, 4.69) is 10.3 Å². The summed E-state index contributed by atoms with van der Waals surface area (Å²) in [6.45, 7) is 0. The van der Waals surface area contributed by atoms with Gasteiger partial charge in [-0.15, -0.1) is 0 Å². The number of hydrogen-bond acceptors (Lipinski definition) is 1. The van der Waals surface area contributed by atoms with E-state index in [0.29, 0.717) is 5.82 Å². The van der Waals surface area contributed by atoms with Crippen LogP contribution in [0.2, 0.25) is 0 Å². The molecule has 0 aliphatic heterocycles. The van der Waals surface area contributed by atoms with E-state index in [4.69, 9.17) is 0 Å². The number of rotatable bonds is 2. The molecule has 4 nitrogen and oxygen atoms in total. The first-order valence-corrected chi connectivity index (χ1v) is 8.51. The van der Waals surface area contributed by atoms with Gasteiger partial charge in [0.05, 0.1) is 6.20 Å². The fourth-order valence-corrected chi connectivity index (χ4v) is 5.73. The van der Waals surface area contributed by atoms with Crippen LogP contribution in [0.3, 0.4) is 0 Å². The van der Waals surface area contributed by atoms with Crippen LogP contribution in [0, 0.1) is 17.8 Å². The molecule has 2 heterocycles. The summed E-state index contributed by atoms with van der Waals surface area (Å²) >= 11 is 0. The predicted octanol–water partition coefficient (Wildman–Crippen LogP) is 2.45. The van der Waals surface area contributed by atoms with E-state index in [-0.39, 0.29) is 11.4 Å². The largest absolute Gasteiger partial charge is 0.350 e. The Balaban J connectivity index is 1.45. The molecule has 0 spiro atoms. The Morgan fingerprint density at radius 1 is 1.14 bits per heavy atom. The Hall–Kier alpha value is -1.84. The van der Waals surface area contributed by atoms with E-state index in [1.165, 1.54) is 38.5 Å². The van der Waals surface area contributed by atoms with Crippen LogP contribution in [-0.4, -0.2) is 16.4 Å². The molecule has 2 aromatic heterocycles. The lowest BCUT2D eigenvalue weighted by Gasteiger charge is -2.56. The molecular formula is C18H22N3O+. The second kappa shape index (κ2) is 4.34. The number of aromatic amines is 1. The fourth-order valence-electron chi connectivity index (χ4n) is 5.73. The molecule has 4 heteroatoms. The second-order valence-electron chi connectivity index (χ2n) is 7.78. The highest BCUT2D eigenvalue weighted by Gasteiger charge is 2.52. The molecule has 1 amide bonds. The van der Waals surface area contributed by atoms with Crippen LogP contribution in [0.25, 0.3) is 5.52 Å². The Bertz CT molecular complexity index is 712. The number of pyridine rings is 1. The third-order valence-corrected chi connectivity index (χ3v) is 6.12. The summed E-state index contributed by atoms with van der Waals surface area (Å²) in [5, 5.41) is 3.43. The zero-order valence-electron chi connectivity index (χ0n) is 12.7. The van der Waals surface area contributed by atoms with Gasteiger partial charge in [0.15, 0.2) is 5.52 Å². The molecule has 2 N–H and O–H groups in total. The highest BCUT2D eigenvalue weighted by atomic mass is 16.2. The number of aromatic nitrogens is 2. The second-order valence-corrected chi connectivity index (χ2v) is 7.78. The first-order valence-electron chi connectivity index (χ1n) is 8.51. The van der Waals surface area contributed by atoms with Gasteiger partial charge in [0.25, 0.3) is 0 Å². The van der Waals surface area contributed by atoms with Gasteiger partial charge >= 0.3 is 11.7 Å². The maximum absolute atomic E-state index is 12.8. The predicted molar refractivity (Wildman–Crippen MR) is 82.3 cm³/mol. The average Bonchev–Trinajstić information content (AvgIpc) is 2.89. The van der Waals surface area contributed by atoms with E-state index >= 15 is 0 Å². The van der Waals surface area contributed by atoms with Crippen LogP contribution < -0.4 is 9.72 Å². The lowest BCUT2D eigenvalue weighted by molar-refractivity contribution is -0.514. The van der Waals surface area contributed by atoms with Crippen LogP contribution in [0.4, 0.5) is 0 Å². The summed E-state index contributed by atoms with van der Waals surface area (Å²) in [5.41, 5.74) is 1.09. The number of nitrogens with one attached hydrogen (secondary N) is 2. The van der Waals surface area contributed by atoms with Crippen molar-refractivity contribution < 1.29 is 9.20 Å². The minimum Gasteiger partial charge on any atom is -0.340 e. The van der Waals surface area contributed by atoms with Crippen molar-refractivity contribution in [1.82, 2.24) is 10.3 Å². The zero-order chi connectivity index (χ0) is 14.7. The molecule has 0 radical (unpaired) electrons. The van der Waals surface area contributed by atoms with E-state index in [9.17, 15) is 4.79 Å². The molecule has 114 valence electrons. The molecule has 4 bridgehead atoms. The summed E-state index contributed by atoms with van der Waals surface area (Å²) in [6, 6.07) is 5.96. The van der Waals surface area contributed by atoms with Crippen molar-refractivity contribution in [3.8, 4) is 0 Å². The van der Waals surface area contributed by atoms with Gasteiger partial charge in [-0.1, -0.05) is 6.07 Å². The topological polar surface area (TPSA) is 49.0 Å². The maximum Gasteiger partial charge on any atom is 0.350 e. The van der Waals surface area contributed by atoms with Crippen molar-refractivity contribution in [3.63, 3.8) is 0 Å². The van der Waals surface area contributed by atoms with Crippen molar-refractivity contribution in [2.24, 2.45) is 17.8 Å². The molecule has 0 aromatic carbocycles. The highest BCUT2D eigenvalue weighted by molar-refractivity contribution is 5.90. The maximum atomic E-state index is 12.8. The van der Waals surface area contributed by atoms with E-state index in [1.807, 2.05) is 35.0 Å². The lowest BCUT2D eigenvalue weighted by Crippen LogP contribution is -2.60. The summed E-state index contributed by atoms with van der Waals surface area (Å²) in [5.74, 6) is 3.23. The number of amides is 1. The van der Waals surface area contributed by atoms with E-state index in [0.717, 1.165) is 23.3 Å². The molecule has 0 unspecified atom stereocenters. The fraction of sp³-hybridized carbons (Fsp3) is 0.556. The molecule has 4 fully saturated rings. The van der Waals surface area contributed by atoms with Crippen molar-refractivity contribution in [1.29, 1.82) is 0 Å². The molecule has 4 aliphatic carbocycles. The molecule has 0 saturated heterocycles. The molecular weight excluding hydrogens is 274 g/mol. The molecule has 4 aliphatic rings. The lowest BCUT2D eigenvalue weighted by atomic mass is 9.53. The highest BCUT2D eigenvalue weighted by Crippen LogP contribution is 2.55. The van der Waals surface area contributed by atoms with Crippen LogP contribution in [-0.2, 0) is 0 Å². The Labute approximate surface area is 129 Å². The van der Waals surface area contributed by atoms with Crippen LogP contribution in [0.5, 0.6) is 0 Å². The average molecular weight is 296 g/mol. The Morgan fingerprint density at radius 2 is 1.82 bits per heavy atom. The van der Waals surface area contributed by atoms with E-state index in [1.54, 1.807) is 0 Å². The first kappa shape index (κ1) is 12.7. The van der Waals surface area contributed by atoms with E-state index < -0.39 is 0 Å². The first-order chi connectivity index (χ1) is 10.7. The third kappa shape index (κ3) is 1.82. The number of hydrogen-bond donors (Lipinski definition) is 2. The summed E-state index contributed by atoms with van der Waals surface area (Å²) < 4.78 is 1.94. The third-order valence-electron chi connectivity index (χ3n) is 6.12. The Morgan fingerprint density at radius 3 is 2.50 bits per heavy atom. The van der Waals surface area contributed by atoms with Gasteiger partial charge in [-0.2, -0.15) is 4.40 Å². The molecule has 0 atom stereocenters. The molecule has 4 saturated carbocycles. The van der Waals surface area contributed by atoms with Crippen molar-refractivity contribution in [2.45, 2.75) is 44.1 Å². The minimum atomic E-state index is 0.0492. The van der Waals surface area contributed by atoms with Crippen molar-refractivity contribution >= 4 is 11.4 Å². The van der Waals surface area contributed by atoms with Gasteiger partial charge in [-0.3, -0.25) is 4.79 Å². The van der Waals surface area contributed by atoms with Gasteiger partial charge in [0.2, 0.25) is 0 Å². The van der Waals surface area contributed by atoms with Crippen molar-refractivity contribution in [3.05, 3.63) is 36.4 Å². The summed E-state index contributed by atoms with van der Waals surface area (Å²) in [4.78, 5) is 16.0. The number of imidazole rings is 1. The molecule has 22 heavy (non-hydrogen) atoms. The number of carbonyl (C=O) groups excluding carboxylic acids is 1. The normalized spacial score (nSPS) is 35.9. The Kier molecular flexibility index (Phi) is 2.50. The van der Waals surface area contributed by atoms with Crippen LogP contribution >= 0.6 is 0 Å². The van der Waals surface area contributed by atoms with Crippen molar-refractivity contribution in [2.75, 3.05) is 0 Å². The van der Waals surface area contributed by atoms with Crippen LogP contribution in [0.15, 0.2) is 30.6 Å².